The third-order valence-corrected chi connectivity index (χ3v) is 6.31. The Kier molecular flexibility index (Phi) is 2.22. The predicted molar refractivity (Wildman–Crippen MR) is 60.5 cm³/mol. The molecule has 14 heavy (non-hydrogen) atoms. The molecule has 2 aliphatic carbocycles. The Bertz CT molecular complexity index is 304. The molecule has 0 saturated heterocycles. The van der Waals surface area contributed by atoms with Crippen LogP contribution in [-0.4, -0.2) is 15.7 Å². The number of hydrogen-bond acceptors (Lipinski definition) is 1. The maximum absolute atomic E-state index is 13.2. The Morgan fingerprint density at radius 3 is 2.36 bits per heavy atom. The van der Waals surface area contributed by atoms with Gasteiger partial charge in [-0.15, -0.1) is 0 Å². The van der Waals surface area contributed by atoms with Crippen LogP contribution in [0.25, 0.3) is 0 Å². The van der Waals surface area contributed by atoms with Gasteiger partial charge in [0.15, 0.2) is 5.78 Å². The Morgan fingerprint density at radius 2 is 2.07 bits per heavy atom. The standard InChI is InChI=1S/C10H13Br2FO/c1-8-4-3-6(9(8,2)5-13)10(11,12)7(8)14/h6H,3-5H2,1-2H3. The minimum absolute atomic E-state index is 0.0671. The monoisotopic (exact) mass is 326 g/mol. The van der Waals surface area contributed by atoms with E-state index in [0.29, 0.717) is 0 Å². The molecule has 2 bridgehead atoms. The van der Waals surface area contributed by atoms with Crippen molar-refractivity contribution >= 4 is 37.6 Å². The molecule has 0 aromatic heterocycles. The lowest BCUT2D eigenvalue weighted by atomic mass is 9.70. The number of hydrogen-bond donors (Lipinski definition) is 0. The van der Waals surface area contributed by atoms with E-state index in [2.05, 4.69) is 31.9 Å². The summed E-state index contributed by atoms with van der Waals surface area (Å²) in [6, 6.07) is 0. The minimum Gasteiger partial charge on any atom is -0.296 e. The van der Waals surface area contributed by atoms with Gasteiger partial charge < -0.3 is 0 Å². The fourth-order valence-electron chi connectivity index (χ4n) is 3.14. The number of Topliss-reactive ketones (excluding diaryl/α,β-unsaturated/α-hetero) is 1. The highest BCUT2D eigenvalue weighted by molar-refractivity contribution is 9.26. The average molecular weight is 328 g/mol. The Morgan fingerprint density at radius 1 is 1.50 bits per heavy atom. The molecule has 2 aliphatic rings. The van der Waals surface area contributed by atoms with Crippen molar-refractivity contribution in [3.05, 3.63) is 0 Å². The van der Waals surface area contributed by atoms with E-state index in [1.807, 2.05) is 13.8 Å². The molecular formula is C10H13Br2FO. The number of alkyl halides is 3. The van der Waals surface area contributed by atoms with Crippen molar-refractivity contribution < 1.29 is 9.18 Å². The van der Waals surface area contributed by atoms with Crippen molar-refractivity contribution in [2.24, 2.45) is 16.7 Å². The second kappa shape index (κ2) is 2.82. The van der Waals surface area contributed by atoms with Crippen LogP contribution in [0, 0.1) is 16.7 Å². The van der Waals surface area contributed by atoms with Gasteiger partial charge in [0.1, 0.15) is 3.23 Å². The van der Waals surface area contributed by atoms with E-state index < -0.39 is 20.7 Å². The van der Waals surface area contributed by atoms with Crippen LogP contribution in [0.3, 0.4) is 0 Å². The maximum atomic E-state index is 13.2. The topological polar surface area (TPSA) is 17.1 Å². The van der Waals surface area contributed by atoms with Crippen molar-refractivity contribution in [3.63, 3.8) is 0 Å². The zero-order valence-corrected chi connectivity index (χ0v) is 11.4. The van der Waals surface area contributed by atoms with Gasteiger partial charge in [-0.3, -0.25) is 9.18 Å². The van der Waals surface area contributed by atoms with Crippen LogP contribution in [0.15, 0.2) is 0 Å². The molecule has 2 saturated carbocycles. The van der Waals surface area contributed by atoms with Gasteiger partial charge in [0, 0.05) is 10.8 Å². The summed E-state index contributed by atoms with van der Waals surface area (Å²) >= 11 is 6.83. The number of ketones is 1. The van der Waals surface area contributed by atoms with Gasteiger partial charge in [0.05, 0.1) is 6.67 Å². The number of carbonyl (C=O) groups is 1. The van der Waals surface area contributed by atoms with Gasteiger partial charge in [0.2, 0.25) is 0 Å². The van der Waals surface area contributed by atoms with E-state index in [-0.39, 0.29) is 11.7 Å². The summed E-state index contributed by atoms with van der Waals surface area (Å²) < 4.78 is 12.5. The van der Waals surface area contributed by atoms with Gasteiger partial charge in [0.25, 0.3) is 0 Å². The Balaban J connectivity index is 2.56. The third-order valence-electron chi connectivity index (χ3n) is 4.48. The summed E-state index contributed by atoms with van der Waals surface area (Å²) in [5.74, 6) is 0.180. The van der Waals surface area contributed by atoms with Gasteiger partial charge >= 0.3 is 0 Å². The Hall–Kier alpha value is 0.560. The zero-order valence-electron chi connectivity index (χ0n) is 8.24. The van der Waals surface area contributed by atoms with E-state index in [9.17, 15) is 9.18 Å². The van der Waals surface area contributed by atoms with Crippen molar-refractivity contribution in [3.8, 4) is 0 Å². The molecule has 0 N–H and O–H groups in total. The first-order valence-electron chi connectivity index (χ1n) is 4.79. The summed E-state index contributed by atoms with van der Waals surface area (Å²) in [4.78, 5) is 12.1. The molecule has 80 valence electrons. The quantitative estimate of drug-likeness (QED) is 0.674. The van der Waals surface area contributed by atoms with Crippen molar-refractivity contribution in [1.29, 1.82) is 0 Å². The minimum atomic E-state index is -0.687. The summed E-state index contributed by atoms with van der Waals surface area (Å²) in [6.07, 6.45) is 1.73. The molecule has 0 aromatic carbocycles. The fraction of sp³-hybridized carbons (Fsp3) is 0.900. The summed E-state index contributed by atoms with van der Waals surface area (Å²) in [5, 5.41) is 0. The van der Waals surface area contributed by atoms with Gasteiger partial charge in [-0.2, -0.15) is 0 Å². The van der Waals surface area contributed by atoms with Crippen molar-refractivity contribution in [2.45, 2.75) is 29.9 Å². The third kappa shape index (κ3) is 0.927. The van der Waals surface area contributed by atoms with E-state index in [1.165, 1.54) is 0 Å². The van der Waals surface area contributed by atoms with E-state index in [4.69, 9.17) is 0 Å². The molecular weight excluding hydrogens is 315 g/mol. The van der Waals surface area contributed by atoms with E-state index in [1.54, 1.807) is 0 Å². The smallest absolute Gasteiger partial charge is 0.166 e. The van der Waals surface area contributed by atoms with Crippen LogP contribution in [0.2, 0.25) is 0 Å². The average Bonchev–Trinajstić information content (AvgIpc) is 2.44. The molecule has 4 heteroatoms. The highest BCUT2D eigenvalue weighted by Crippen LogP contribution is 2.71. The largest absolute Gasteiger partial charge is 0.296 e. The second-order valence-corrected chi connectivity index (χ2v) is 8.49. The molecule has 0 spiro atoms. The first-order chi connectivity index (χ1) is 6.30. The number of rotatable bonds is 1. The lowest BCUT2D eigenvalue weighted by molar-refractivity contribution is -0.128. The van der Waals surface area contributed by atoms with Crippen molar-refractivity contribution in [1.82, 2.24) is 0 Å². The summed E-state index contributed by atoms with van der Waals surface area (Å²) in [7, 11) is 0. The van der Waals surface area contributed by atoms with Crippen molar-refractivity contribution in [2.75, 3.05) is 6.67 Å². The number of halogens is 3. The Labute approximate surface area is 100 Å². The molecule has 0 aromatic rings. The zero-order chi connectivity index (χ0) is 10.8. The predicted octanol–water partition coefficient (Wildman–Crippen LogP) is 3.45. The first kappa shape index (κ1) is 11.1. The van der Waals surface area contributed by atoms with Crippen LogP contribution in [0.5, 0.6) is 0 Å². The summed E-state index contributed by atoms with van der Waals surface area (Å²) in [6.45, 7) is 3.38. The summed E-state index contributed by atoms with van der Waals surface area (Å²) in [5.41, 5.74) is -1.00. The van der Waals surface area contributed by atoms with Crippen LogP contribution in [0.4, 0.5) is 4.39 Å². The van der Waals surface area contributed by atoms with Crippen LogP contribution in [-0.2, 0) is 4.79 Å². The van der Waals surface area contributed by atoms with Gasteiger partial charge in [-0.05, 0) is 18.8 Å². The molecule has 0 heterocycles. The second-order valence-electron chi connectivity index (χ2n) is 4.93. The van der Waals surface area contributed by atoms with Gasteiger partial charge in [-0.1, -0.05) is 45.7 Å². The highest BCUT2D eigenvalue weighted by Gasteiger charge is 2.73. The normalized spacial score (nSPS) is 50.1. The number of fused-ring (bicyclic) bond motifs is 2. The molecule has 2 rings (SSSR count). The molecule has 0 amide bonds. The molecule has 3 unspecified atom stereocenters. The van der Waals surface area contributed by atoms with Crippen LogP contribution < -0.4 is 0 Å². The fourth-order valence-corrected chi connectivity index (χ4v) is 5.49. The number of carbonyl (C=O) groups excluding carboxylic acids is 1. The maximum Gasteiger partial charge on any atom is 0.166 e. The molecule has 0 aliphatic heterocycles. The molecule has 3 atom stereocenters. The molecule has 0 radical (unpaired) electrons. The molecule has 2 fully saturated rings. The molecule has 1 nitrogen and oxygen atoms in total. The SMILES string of the molecule is CC12CCC(C(Br)(Br)C1=O)C2(C)CF. The highest BCUT2D eigenvalue weighted by atomic mass is 79.9. The lowest BCUT2D eigenvalue weighted by Crippen LogP contribution is -2.38. The first-order valence-corrected chi connectivity index (χ1v) is 6.38. The van der Waals surface area contributed by atoms with E-state index >= 15 is 0 Å². The van der Waals surface area contributed by atoms with E-state index in [0.717, 1.165) is 12.8 Å². The van der Waals surface area contributed by atoms with Gasteiger partial charge in [-0.25, -0.2) is 0 Å². The van der Waals surface area contributed by atoms with Crippen LogP contribution in [0.1, 0.15) is 26.7 Å². The lowest BCUT2D eigenvalue weighted by Gasteiger charge is -2.33. The van der Waals surface area contributed by atoms with Crippen LogP contribution >= 0.6 is 31.9 Å².